The van der Waals surface area contributed by atoms with Gasteiger partial charge in [-0.15, -0.1) is 0 Å². The van der Waals surface area contributed by atoms with Crippen molar-refractivity contribution in [1.82, 2.24) is 90.4 Å². The third-order valence-electron chi connectivity index (χ3n) is 21.0. The fourth-order valence-electron chi connectivity index (χ4n) is 13.2. The van der Waals surface area contributed by atoms with Gasteiger partial charge in [-0.05, 0) is 124 Å². The molecule has 0 aliphatic carbocycles. The summed E-state index contributed by atoms with van der Waals surface area (Å²) in [7, 11) is 0. The zero-order chi connectivity index (χ0) is 102. The van der Waals surface area contributed by atoms with E-state index in [0.29, 0.717) is 36.8 Å². The van der Waals surface area contributed by atoms with Crippen LogP contribution in [0.2, 0.25) is 0 Å². The molecule has 0 radical (unpaired) electrons. The van der Waals surface area contributed by atoms with E-state index in [1.54, 1.807) is 58.0 Å². The highest BCUT2D eigenvalue weighted by Crippen LogP contribution is 2.18. The SMILES string of the molecule is CC[C@H](C)[C@H](NC(=O)[C@H](CCCCN)NC(=O)[C@@H](N)CC(C)C)C(=O)N[C@@H](CO)C(=O)N[C@@H](CCCNC(=N)N)C(=O)N[C@H](C(=O)N[C@@H](CCC(=O)O)C(=O)N[C@@H](C)C(=O)N[C@@H](CCC(=O)O)C(=O)N[C@@H](CC(=O)O)C(=O)N[C@@H](CC(C)C)C(=O)NCC(=O)N[C@H](C(=O)N[C@@H](Cc1ccc(O)cc1)C(=O)N[C@@H](Cc1ccccc1)C(=O)N[C@@H](CS)C(=O)N[C@@H](CO)C(=O)O)C(C)C)C(C)C. The van der Waals surface area contributed by atoms with Gasteiger partial charge in [0, 0.05) is 38.0 Å². The minimum Gasteiger partial charge on any atom is -0.508 e. The summed E-state index contributed by atoms with van der Waals surface area (Å²) < 4.78 is 0. The number of benzene rings is 2. The topological polar surface area (TPSA) is 789 Å². The number of unbranched alkanes of at least 4 members (excludes halogenated alkanes) is 1. The molecule has 754 valence electrons. The molecular formula is C86H137N21O27S. The number of hydrogen-bond donors (Lipinski definition) is 29. The van der Waals surface area contributed by atoms with Crippen LogP contribution in [-0.4, -0.2) is 295 Å². The van der Waals surface area contributed by atoms with Crippen LogP contribution in [0.5, 0.6) is 5.75 Å². The molecule has 16 amide bonds. The molecule has 2 aromatic carbocycles. The van der Waals surface area contributed by atoms with Crippen LogP contribution in [0.3, 0.4) is 0 Å². The maximum Gasteiger partial charge on any atom is 0.328 e. The van der Waals surface area contributed by atoms with Crippen LogP contribution in [-0.2, 0) is 109 Å². The number of carboxylic acid groups (broad SMARTS) is 4. The lowest BCUT2D eigenvalue weighted by Crippen LogP contribution is -2.62. The van der Waals surface area contributed by atoms with Gasteiger partial charge in [0.25, 0.3) is 0 Å². The first-order chi connectivity index (χ1) is 63.4. The third-order valence-corrected chi connectivity index (χ3v) is 21.4. The Bertz CT molecular complexity index is 4340. The first-order valence-corrected chi connectivity index (χ1v) is 44.9. The van der Waals surface area contributed by atoms with Crippen molar-refractivity contribution in [3.63, 3.8) is 0 Å². The number of amides is 16. The number of phenolic OH excluding ortho intramolecular Hbond substituents is 1. The highest BCUT2D eigenvalue weighted by molar-refractivity contribution is 7.80. The van der Waals surface area contributed by atoms with E-state index >= 15 is 0 Å². The minimum absolute atomic E-state index is 0.0135. The largest absolute Gasteiger partial charge is 0.508 e. The highest BCUT2D eigenvalue weighted by Gasteiger charge is 2.41. The Morgan fingerprint density at radius 3 is 1.27 bits per heavy atom. The molecule has 0 fully saturated rings. The lowest BCUT2D eigenvalue weighted by atomic mass is 9.96. The summed E-state index contributed by atoms with van der Waals surface area (Å²) in [6.07, 6.45) is -3.83. The van der Waals surface area contributed by atoms with Gasteiger partial charge in [-0.1, -0.05) is 118 Å². The van der Waals surface area contributed by atoms with Crippen molar-refractivity contribution in [2.75, 3.05) is 38.6 Å². The molecule has 48 nitrogen and oxygen atoms in total. The van der Waals surface area contributed by atoms with Crippen molar-refractivity contribution in [2.24, 2.45) is 46.8 Å². The normalized spacial score (nSPS) is 15.0. The first-order valence-electron chi connectivity index (χ1n) is 44.3. The van der Waals surface area contributed by atoms with E-state index in [2.05, 4.69) is 103 Å². The molecule has 17 atom stereocenters. The van der Waals surface area contributed by atoms with Crippen molar-refractivity contribution < 1.29 is 132 Å². The van der Waals surface area contributed by atoms with E-state index in [-0.39, 0.29) is 69.0 Å². The van der Waals surface area contributed by atoms with E-state index in [1.165, 1.54) is 52.0 Å². The smallest absolute Gasteiger partial charge is 0.328 e. The lowest BCUT2D eigenvalue weighted by Gasteiger charge is -2.29. The summed E-state index contributed by atoms with van der Waals surface area (Å²) in [6, 6.07) is -12.1. The highest BCUT2D eigenvalue weighted by atomic mass is 32.1. The van der Waals surface area contributed by atoms with Gasteiger partial charge in [-0.2, -0.15) is 12.6 Å². The summed E-state index contributed by atoms with van der Waals surface area (Å²) in [5.41, 5.74) is 18.2. The molecule has 0 unspecified atom stereocenters. The summed E-state index contributed by atoms with van der Waals surface area (Å²) in [5, 5.41) is 118. The Kier molecular flexibility index (Phi) is 53.5. The van der Waals surface area contributed by atoms with Crippen molar-refractivity contribution in [3.05, 3.63) is 65.7 Å². The average molecular weight is 1930 g/mol. The third kappa shape index (κ3) is 44.7. The minimum atomic E-state index is -2.12. The van der Waals surface area contributed by atoms with Gasteiger partial charge in [0.15, 0.2) is 5.96 Å². The van der Waals surface area contributed by atoms with Crippen molar-refractivity contribution in [3.8, 4) is 5.75 Å². The molecule has 0 aromatic heterocycles. The molecule has 135 heavy (non-hydrogen) atoms. The Labute approximate surface area is 786 Å². The molecule has 0 saturated heterocycles. The second kappa shape index (κ2) is 61.1. The second-order valence-corrected chi connectivity index (χ2v) is 34.4. The van der Waals surface area contributed by atoms with Crippen molar-refractivity contribution in [1.29, 1.82) is 5.41 Å². The summed E-state index contributed by atoms with van der Waals surface area (Å²) in [4.78, 5) is 273. The van der Waals surface area contributed by atoms with Gasteiger partial charge in [-0.3, -0.25) is 96.5 Å². The second-order valence-electron chi connectivity index (χ2n) is 34.1. The molecule has 31 N–H and O–H groups in total. The number of nitrogens with one attached hydrogen (secondary N) is 18. The Hall–Kier alpha value is -12.9. The van der Waals surface area contributed by atoms with E-state index in [1.807, 2.05) is 13.8 Å². The number of aliphatic hydroxyl groups is 2. The van der Waals surface area contributed by atoms with E-state index in [0.717, 1.165) is 6.92 Å². The number of thiol groups is 1. The van der Waals surface area contributed by atoms with Gasteiger partial charge >= 0.3 is 23.9 Å². The number of hydrogen-bond acceptors (Lipinski definition) is 27. The van der Waals surface area contributed by atoms with E-state index in [9.17, 15) is 132 Å². The predicted molar refractivity (Wildman–Crippen MR) is 489 cm³/mol. The van der Waals surface area contributed by atoms with Crippen LogP contribution in [0.25, 0.3) is 0 Å². The number of carboxylic acids is 4. The number of aliphatic carboxylic acids is 4. The molecule has 0 aliphatic rings. The summed E-state index contributed by atoms with van der Waals surface area (Å²) in [6.45, 7) is 14.5. The molecule has 0 bridgehead atoms. The number of rotatable bonds is 64. The Balaban J connectivity index is 2.44. The van der Waals surface area contributed by atoms with Crippen LogP contribution in [0.15, 0.2) is 54.6 Å². The van der Waals surface area contributed by atoms with Gasteiger partial charge in [0.1, 0.15) is 96.4 Å². The average Bonchev–Trinajstić information content (AvgIpc) is 0.831. The molecule has 0 heterocycles. The van der Waals surface area contributed by atoms with Crippen molar-refractivity contribution in [2.45, 2.75) is 269 Å². The molecule has 49 heteroatoms. The summed E-state index contributed by atoms with van der Waals surface area (Å²) >= 11 is 4.13. The van der Waals surface area contributed by atoms with Gasteiger partial charge in [0.05, 0.1) is 32.2 Å². The molecule has 2 aromatic rings. The zero-order valence-corrected chi connectivity index (χ0v) is 78.5. The number of nitrogens with two attached hydrogens (primary N) is 3. The van der Waals surface area contributed by atoms with Crippen LogP contribution in [0, 0.1) is 35.0 Å². The van der Waals surface area contributed by atoms with Crippen LogP contribution < -0.4 is 108 Å². The maximum atomic E-state index is 14.5. The maximum absolute atomic E-state index is 14.5. The monoisotopic (exact) mass is 1930 g/mol. The van der Waals surface area contributed by atoms with Crippen LogP contribution in [0.1, 0.15) is 171 Å². The first kappa shape index (κ1) is 118. The Morgan fingerprint density at radius 2 is 0.785 bits per heavy atom. The van der Waals surface area contributed by atoms with Crippen molar-refractivity contribution >= 4 is 137 Å². The van der Waals surface area contributed by atoms with Crippen LogP contribution in [0.4, 0.5) is 0 Å². The van der Waals surface area contributed by atoms with Gasteiger partial charge in [0.2, 0.25) is 94.5 Å². The fraction of sp³-hybridized carbons (Fsp3) is 0.616. The fourth-order valence-corrected chi connectivity index (χ4v) is 13.5. The molecule has 0 saturated carbocycles. The predicted octanol–water partition coefficient (Wildman–Crippen LogP) is -6.04. The number of aromatic hydroxyl groups is 1. The van der Waals surface area contributed by atoms with Gasteiger partial charge < -0.3 is 143 Å². The zero-order valence-electron chi connectivity index (χ0n) is 77.6. The standard InChI is InChI=1S/C86H137N21O27S/c1-12-46(10)69(107-76(124)52(21-16-17-31-87)95-71(119)51(88)33-42(2)3)84(132)102-60(39-108)80(128)96-53(22-18-32-91-86(89)90)75(123)106-68(45(8)9)83(131)97-54(27-29-64(112)113)73(121)93-47(11)70(118)94-55(28-30-65(114)115)74(122)100-59(37-66(116)117)79(127)98-56(34-43(4)5)72(120)92-38-63(111)105-67(44(6)7)82(130)101-58(36-49-23-25-50(110)26-24-49)77(125)99-57(35-48-19-14-13-15-20-48)78(126)104-62(41-135)81(129)103-61(40-109)85(133)134/h13-15,19-20,23-26,42-47,51-62,67-69,108-110,135H,12,16-18,21-22,27-41,87-88H2,1-11H3,(H,92,120)(H,93,121)(H,94,118)(H,95,119)(H,96,128)(H,97,131)(H,98,127)(H,99,125)(H,100,122)(H,101,130)(H,102,132)(H,103,129)(H,104,126)(H,105,111)(H,106,123)(H,107,124)(H,112,113)(H,114,115)(H,116,117)(H,133,134)(H4,89,90,91)/t46-,47-,51-,52-,53-,54-,55-,56-,57-,58-,59-,60-,61-,62-,67-,68-,69-/m0/s1. The van der Waals surface area contributed by atoms with E-state index in [4.69, 9.17) is 22.6 Å². The molecular weight excluding hydrogens is 1790 g/mol. The number of carbonyl (C=O) groups is 20. The Morgan fingerprint density at radius 1 is 0.393 bits per heavy atom. The molecule has 0 aliphatic heterocycles. The number of phenols is 1. The quantitative estimate of drug-likeness (QED) is 0.0127. The number of aliphatic hydroxyl groups excluding tert-OH is 2. The lowest BCUT2D eigenvalue weighted by molar-refractivity contribution is -0.143. The van der Waals surface area contributed by atoms with Crippen LogP contribution >= 0.6 is 12.6 Å². The van der Waals surface area contributed by atoms with Gasteiger partial charge in [-0.25, -0.2) is 4.79 Å². The number of guanidine groups is 1. The number of carbonyl (C=O) groups excluding carboxylic acids is 16. The van der Waals surface area contributed by atoms with E-state index < -0.39 is 297 Å². The summed E-state index contributed by atoms with van der Waals surface area (Å²) in [5.74, 6) is -27.0. The molecule has 0 spiro atoms. The molecule has 2 rings (SSSR count).